The Bertz CT molecular complexity index is 1100. The SMILES string of the molecule is C=CCNC(=O)N1CCN(c2nc3cc(Cl)ccc3c3nnc(COC)n23)C[C@@H]1C. The van der Waals surface area contributed by atoms with Gasteiger partial charge in [0.05, 0.1) is 5.52 Å². The minimum atomic E-state index is -0.0881. The first kappa shape index (κ1) is 20.4. The molecule has 30 heavy (non-hydrogen) atoms. The number of fused-ring (bicyclic) bond motifs is 3. The van der Waals surface area contributed by atoms with Crippen molar-refractivity contribution in [3.8, 4) is 0 Å². The van der Waals surface area contributed by atoms with Gasteiger partial charge in [0.2, 0.25) is 5.95 Å². The fourth-order valence-corrected chi connectivity index (χ4v) is 3.95. The molecule has 158 valence electrons. The number of methoxy groups -OCH3 is 1. The maximum atomic E-state index is 12.4. The lowest BCUT2D eigenvalue weighted by molar-refractivity contribution is 0.171. The molecule has 1 fully saturated rings. The number of anilines is 1. The predicted octanol–water partition coefficient (Wildman–Crippen LogP) is 2.48. The summed E-state index contributed by atoms with van der Waals surface area (Å²) in [6.07, 6.45) is 1.67. The van der Waals surface area contributed by atoms with Gasteiger partial charge in [0, 0.05) is 49.7 Å². The fraction of sp³-hybridized carbons (Fsp3) is 0.400. The Labute approximate surface area is 179 Å². The Balaban J connectivity index is 1.73. The summed E-state index contributed by atoms with van der Waals surface area (Å²) in [4.78, 5) is 21.3. The van der Waals surface area contributed by atoms with E-state index >= 15 is 0 Å². The van der Waals surface area contributed by atoms with Crippen molar-refractivity contribution in [3.05, 3.63) is 41.7 Å². The molecule has 0 radical (unpaired) electrons. The molecule has 3 heterocycles. The third-order valence-corrected chi connectivity index (χ3v) is 5.43. The molecule has 0 aliphatic carbocycles. The molecule has 0 saturated carbocycles. The highest BCUT2D eigenvalue weighted by molar-refractivity contribution is 6.31. The van der Waals surface area contributed by atoms with Crippen molar-refractivity contribution < 1.29 is 9.53 Å². The molecule has 2 aromatic heterocycles. The van der Waals surface area contributed by atoms with Crippen molar-refractivity contribution in [2.45, 2.75) is 19.6 Å². The average molecular weight is 430 g/mol. The van der Waals surface area contributed by atoms with E-state index in [2.05, 4.69) is 27.0 Å². The molecular formula is C20H24ClN7O2. The van der Waals surface area contributed by atoms with Gasteiger partial charge in [-0.15, -0.1) is 16.8 Å². The number of aromatic nitrogens is 4. The predicted molar refractivity (Wildman–Crippen MR) is 116 cm³/mol. The zero-order chi connectivity index (χ0) is 21.3. The Hall–Kier alpha value is -2.91. The highest BCUT2D eigenvalue weighted by Gasteiger charge is 2.30. The topological polar surface area (TPSA) is 87.9 Å². The van der Waals surface area contributed by atoms with E-state index in [4.69, 9.17) is 21.3 Å². The van der Waals surface area contributed by atoms with E-state index in [1.165, 1.54) is 0 Å². The van der Waals surface area contributed by atoms with Gasteiger partial charge in [-0.25, -0.2) is 14.2 Å². The first-order valence-corrected chi connectivity index (χ1v) is 10.1. The van der Waals surface area contributed by atoms with Crippen molar-refractivity contribution in [2.75, 3.05) is 38.2 Å². The summed E-state index contributed by atoms with van der Waals surface area (Å²) < 4.78 is 7.25. The van der Waals surface area contributed by atoms with E-state index in [1.54, 1.807) is 13.2 Å². The highest BCUT2D eigenvalue weighted by atomic mass is 35.5. The van der Waals surface area contributed by atoms with Crippen LogP contribution in [0.4, 0.5) is 10.7 Å². The van der Waals surface area contributed by atoms with Gasteiger partial charge < -0.3 is 19.9 Å². The zero-order valence-corrected chi connectivity index (χ0v) is 17.8. The number of piperazine rings is 1. The summed E-state index contributed by atoms with van der Waals surface area (Å²) in [5.74, 6) is 1.39. The molecule has 1 aromatic carbocycles. The number of carbonyl (C=O) groups excluding carboxylic acids is 1. The van der Waals surface area contributed by atoms with Crippen LogP contribution in [0.5, 0.6) is 0 Å². The number of nitrogens with zero attached hydrogens (tertiary/aromatic N) is 6. The van der Waals surface area contributed by atoms with Crippen molar-refractivity contribution >= 4 is 40.1 Å². The fourth-order valence-electron chi connectivity index (χ4n) is 3.78. The second-order valence-electron chi connectivity index (χ2n) is 7.24. The van der Waals surface area contributed by atoms with E-state index in [0.29, 0.717) is 49.3 Å². The van der Waals surface area contributed by atoms with Crippen molar-refractivity contribution in [1.29, 1.82) is 0 Å². The number of ether oxygens (including phenoxy) is 1. The van der Waals surface area contributed by atoms with Gasteiger partial charge in [-0.1, -0.05) is 17.7 Å². The Morgan fingerprint density at radius 2 is 2.23 bits per heavy atom. The average Bonchev–Trinajstić information content (AvgIpc) is 3.15. The van der Waals surface area contributed by atoms with Gasteiger partial charge in [-0.3, -0.25) is 0 Å². The monoisotopic (exact) mass is 429 g/mol. The number of hydrogen-bond acceptors (Lipinski definition) is 6. The first-order valence-electron chi connectivity index (χ1n) is 9.76. The molecule has 9 nitrogen and oxygen atoms in total. The molecule has 1 N–H and O–H groups in total. The highest BCUT2D eigenvalue weighted by Crippen LogP contribution is 2.28. The summed E-state index contributed by atoms with van der Waals surface area (Å²) in [7, 11) is 1.62. The van der Waals surface area contributed by atoms with E-state index in [-0.39, 0.29) is 12.1 Å². The molecule has 10 heteroatoms. The Morgan fingerprint density at radius 3 is 2.97 bits per heavy atom. The van der Waals surface area contributed by atoms with Crippen LogP contribution < -0.4 is 10.2 Å². The van der Waals surface area contributed by atoms with Gasteiger partial charge in [0.1, 0.15) is 6.61 Å². The number of urea groups is 1. The van der Waals surface area contributed by atoms with Crippen LogP contribution in [0.25, 0.3) is 16.6 Å². The third kappa shape index (κ3) is 3.66. The third-order valence-electron chi connectivity index (χ3n) is 5.19. The second kappa shape index (κ2) is 8.45. The number of halogens is 1. The van der Waals surface area contributed by atoms with Gasteiger partial charge in [-0.2, -0.15) is 0 Å². The van der Waals surface area contributed by atoms with Crippen LogP contribution in [-0.4, -0.2) is 69.8 Å². The molecule has 1 atom stereocenters. The molecule has 3 aromatic rings. The normalized spacial score (nSPS) is 17.0. The van der Waals surface area contributed by atoms with E-state index < -0.39 is 0 Å². The lowest BCUT2D eigenvalue weighted by Gasteiger charge is -2.40. The number of nitrogens with one attached hydrogen (secondary N) is 1. The summed E-state index contributed by atoms with van der Waals surface area (Å²) in [6, 6.07) is 5.46. The number of carbonyl (C=O) groups is 1. The van der Waals surface area contributed by atoms with Gasteiger partial charge in [0.15, 0.2) is 11.5 Å². The Morgan fingerprint density at radius 1 is 1.40 bits per heavy atom. The van der Waals surface area contributed by atoms with Crippen molar-refractivity contribution in [3.63, 3.8) is 0 Å². The molecule has 0 spiro atoms. The quantitative estimate of drug-likeness (QED) is 0.627. The van der Waals surface area contributed by atoms with Crippen LogP contribution in [0.1, 0.15) is 12.7 Å². The van der Waals surface area contributed by atoms with E-state index in [1.807, 2.05) is 34.4 Å². The lowest BCUT2D eigenvalue weighted by atomic mass is 10.2. The molecule has 2 amide bonds. The molecular weight excluding hydrogens is 406 g/mol. The van der Waals surface area contributed by atoms with Gasteiger partial charge >= 0.3 is 6.03 Å². The van der Waals surface area contributed by atoms with Crippen LogP contribution in [0, 0.1) is 0 Å². The van der Waals surface area contributed by atoms with E-state index in [9.17, 15) is 4.79 Å². The number of benzene rings is 1. The van der Waals surface area contributed by atoms with Crippen molar-refractivity contribution in [2.24, 2.45) is 0 Å². The molecule has 1 saturated heterocycles. The molecule has 1 aliphatic heterocycles. The molecule has 0 bridgehead atoms. The molecule has 4 rings (SSSR count). The maximum Gasteiger partial charge on any atom is 0.318 e. The van der Waals surface area contributed by atoms with Crippen LogP contribution >= 0.6 is 11.6 Å². The smallest absolute Gasteiger partial charge is 0.318 e. The van der Waals surface area contributed by atoms with Crippen LogP contribution in [0.15, 0.2) is 30.9 Å². The standard InChI is InChI=1S/C20H24ClN7O2/c1-4-7-22-20(29)27-9-8-26(11-13(27)2)19-23-16-10-14(21)5-6-15(16)18-25-24-17(12-30-3)28(18)19/h4-6,10,13H,1,7-9,11-12H2,2-3H3,(H,22,29)/t13-/m0/s1. The second-order valence-corrected chi connectivity index (χ2v) is 7.68. The largest absolute Gasteiger partial charge is 0.377 e. The lowest BCUT2D eigenvalue weighted by Crippen LogP contribution is -2.57. The van der Waals surface area contributed by atoms with Crippen LogP contribution in [0.3, 0.4) is 0 Å². The van der Waals surface area contributed by atoms with Crippen LogP contribution in [-0.2, 0) is 11.3 Å². The maximum absolute atomic E-state index is 12.4. The minimum Gasteiger partial charge on any atom is -0.377 e. The van der Waals surface area contributed by atoms with Gasteiger partial charge in [-0.05, 0) is 25.1 Å². The Kier molecular flexibility index (Phi) is 5.74. The zero-order valence-electron chi connectivity index (χ0n) is 17.0. The van der Waals surface area contributed by atoms with E-state index in [0.717, 1.165) is 16.9 Å². The summed E-state index contributed by atoms with van der Waals surface area (Å²) in [6.45, 7) is 8.25. The number of hydrogen-bond donors (Lipinski definition) is 1. The first-order chi connectivity index (χ1) is 14.5. The van der Waals surface area contributed by atoms with Gasteiger partial charge in [0.25, 0.3) is 0 Å². The molecule has 1 aliphatic rings. The summed E-state index contributed by atoms with van der Waals surface area (Å²) in [5.41, 5.74) is 1.46. The summed E-state index contributed by atoms with van der Waals surface area (Å²) in [5, 5.41) is 13.0. The summed E-state index contributed by atoms with van der Waals surface area (Å²) >= 11 is 6.21. The van der Waals surface area contributed by atoms with Crippen LogP contribution in [0.2, 0.25) is 5.02 Å². The number of amides is 2. The molecule has 0 unspecified atom stereocenters. The number of rotatable bonds is 5. The van der Waals surface area contributed by atoms with Crippen molar-refractivity contribution in [1.82, 2.24) is 29.8 Å². The minimum absolute atomic E-state index is 0.00201.